The maximum atomic E-state index is 12.4. The van der Waals surface area contributed by atoms with Gasteiger partial charge >= 0.3 is 0 Å². The van der Waals surface area contributed by atoms with Gasteiger partial charge < -0.3 is 5.73 Å². The Balaban J connectivity index is 1.73. The number of anilines is 1. The van der Waals surface area contributed by atoms with Crippen LogP contribution < -0.4 is 10.5 Å². The predicted molar refractivity (Wildman–Crippen MR) is 81.9 cm³/mol. The molecule has 1 aliphatic carbocycles. The Morgan fingerprint density at radius 2 is 2.05 bits per heavy atom. The molecule has 1 aliphatic heterocycles. The highest BCUT2D eigenvalue weighted by Crippen LogP contribution is 2.30. The minimum atomic E-state index is -3.53. The monoisotopic (exact) mass is 359 g/mol. The van der Waals surface area contributed by atoms with Gasteiger partial charge in [-0.15, -0.1) is 0 Å². The number of halogens is 1. The van der Waals surface area contributed by atoms with E-state index in [1.807, 2.05) is 0 Å². The summed E-state index contributed by atoms with van der Waals surface area (Å²) in [5, 5.41) is 0. The lowest BCUT2D eigenvalue weighted by atomic mass is 10.3. The van der Waals surface area contributed by atoms with Crippen molar-refractivity contribution < 1.29 is 8.42 Å². The van der Waals surface area contributed by atoms with Crippen LogP contribution >= 0.6 is 15.9 Å². The van der Waals surface area contributed by atoms with E-state index in [-0.39, 0.29) is 10.9 Å². The summed E-state index contributed by atoms with van der Waals surface area (Å²) in [5.41, 5.74) is 6.13. The number of nitrogen functional groups attached to an aromatic ring is 1. The van der Waals surface area contributed by atoms with Crippen molar-refractivity contribution in [2.24, 2.45) is 0 Å². The lowest BCUT2D eigenvalue weighted by Crippen LogP contribution is -2.37. The molecule has 1 aromatic carbocycles. The van der Waals surface area contributed by atoms with Crippen LogP contribution in [0.2, 0.25) is 0 Å². The molecule has 0 amide bonds. The summed E-state index contributed by atoms with van der Waals surface area (Å²) in [6.45, 7) is 1.79. The Morgan fingerprint density at radius 1 is 1.30 bits per heavy atom. The highest BCUT2D eigenvalue weighted by molar-refractivity contribution is 9.10. The van der Waals surface area contributed by atoms with Gasteiger partial charge in [0.05, 0.1) is 4.90 Å². The lowest BCUT2D eigenvalue weighted by Gasteiger charge is -2.16. The summed E-state index contributed by atoms with van der Waals surface area (Å²) >= 11 is 3.28. The maximum Gasteiger partial charge on any atom is 0.242 e. The molecule has 1 saturated heterocycles. The van der Waals surface area contributed by atoms with Gasteiger partial charge in [-0.2, -0.15) is 0 Å². The largest absolute Gasteiger partial charge is 0.399 e. The molecular formula is C13H18BrN3O2S. The summed E-state index contributed by atoms with van der Waals surface area (Å²) in [4.78, 5) is 2.59. The number of sulfonamides is 1. The molecule has 1 unspecified atom stereocenters. The van der Waals surface area contributed by atoms with Crippen LogP contribution in [0.25, 0.3) is 0 Å². The third-order valence-electron chi connectivity index (χ3n) is 3.85. The molecule has 110 valence electrons. The summed E-state index contributed by atoms with van der Waals surface area (Å²) < 4.78 is 28.2. The number of nitrogens with two attached hydrogens (primary N) is 1. The van der Waals surface area contributed by atoms with Crippen molar-refractivity contribution in [2.45, 2.75) is 36.2 Å². The SMILES string of the molecule is Nc1ccc(Br)c(S(=O)(=O)NC2CCN(C3CC3)C2)c1. The van der Waals surface area contributed by atoms with E-state index in [2.05, 4.69) is 25.6 Å². The van der Waals surface area contributed by atoms with Gasteiger partial charge in [0.15, 0.2) is 0 Å². The van der Waals surface area contributed by atoms with E-state index in [9.17, 15) is 8.42 Å². The number of likely N-dealkylation sites (tertiary alicyclic amines) is 1. The molecular weight excluding hydrogens is 342 g/mol. The molecule has 1 heterocycles. The topological polar surface area (TPSA) is 75.4 Å². The van der Waals surface area contributed by atoms with Crippen molar-refractivity contribution in [1.82, 2.24) is 9.62 Å². The first kappa shape index (κ1) is 14.3. The molecule has 1 atom stereocenters. The van der Waals surface area contributed by atoms with E-state index < -0.39 is 10.0 Å². The molecule has 2 aliphatic rings. The Bertz CT molecular complexity index is 616. The van der Waals surface area contributed by atoms with Gasteiger partial charge in [0.1, 0.15) is 0 Å². The fourth-order valence-electron chi connectivity index (χ4n) is 2.66. The van der Waals surface area contributed by atoms with Crippen molar-refractivity contribution in [1.29, 1.82) is 0 Å². The van der Waals surface area contributed by atoms with Gasteiger partial charge in [0, 0.05) is 35.3 Å². The summed E-state index contributed by atoms with van der Waals surface area (Å²) in [7, 11) is -3.53. The molecule has 2 fully saturated rings. The van der Waals surface area contributed by atoms with Gasteiger partial charge in [-0.25, -0.2) is 13.1 Å². The van der Waals surface area contributed by atoms with Crippen LogP contribution in [0, 0.1) is 0 Å². The Hall–Kier alpha value is -0.630. The fourth-order valence-corrected chi connectivity index (χ4v) is 4.92. The zero-order valence-electron chi connectivity index (χ0n) is 11.0. The van der Waals surface area contributed by atoms with Crippen molar-refractivity contribution in [3.05, 3.63) is 22.7 Å². The number of benzene rings is 1. The van der Waals surface area contributed by atoms with E-state index in [1.165, 1.54) is 18.9 Å². The van der Waals surface area contributed by atoms with Gasteiger partial charge in [0.25, 0.3) is 0 Å². The zero-order valence-corrected chi connectivity index (χ0v) is 13.5. The first-order valence-electron chi connectivity index (χ1n) is 6.77. The third-order valence-corrected chi connectivity index (χ3v) is 6.36. The van der Waals surface area contributed by atoms with E-state index >= 15 is 0 Å². The first-order valence-corrected chi connectivity index (χ1v) is 9.05. The summed E-state index contributed by atoms with van der Waals surface area (Å²) in [6.07, 6.45) is 3.37. The van der Waals surface area contributed by atoms with Crippen LogP contribution in [0.1, 0.15) is 19.3 Å². The smallest absolute Gasteiger partial charge is 0.242 e. The summed E-state index contributed by atoms with van der Waals surface area (Å²) in [5.74, 6) is 0. The lowest BCUT2D eigenvalue weighted by molar-refractivity contribution is 0.322. The van der Waals surface area contributed by atoms with Crippen molar-refractivity contribution >= 4 is 31.6 Å². The average molecular weight is 360 g/mol. The molecule has 0 radical (unpaired) electrons. The molecule has 1 saturated carbocycles. The molecule has 20 heavy (non-hydrogen) atoms. The van der Waals surface area contributed by atoms with E-state index in [0.717, 1.165) is 19.5 Å². The predicted octanol–water partition coefficient (Wildman–Crippen LogP) is 1.55. The standard InChI is InChI=1S/C13H18BrN3O2S/c14-12-4-1-9(15)7-13(12)20(18,19)16-10-5-6-17(8-10)11-2-3-11/h1,4,7,10-11,16H,2-3,5-6,8,15H2. The first-order chi connectivity index (χ1) is 9.45. The highest BCUT2D eigenvalue weighted by Gasteiger charge is 2.36. The van der Waals surface area contributed by atoms with Crippen molar-refractivity contribution in [3.8, 4) is 0 Å². The Kier molecular flexibility index (Phi) is 3.79. The van der Waals surface area contributed by atoms with E-state index in [1.54, 1.807) is 12.1 Å². The van der Waals surface area contributed by atoms with Gasteiger partial charge in [0.2, 0.25) is 10.0 Å². The summed E-state index contributed by atoms with van der Waals surface area (Å²) in [6, 6.07) is 5.50. The van der Waals surface area contributed by atoms with Crippen LogP contribution in [0.15, 0.2) is 27.6 Å². The molecule has 7 heteroatoms. The van der Waals surface area contributed by atoms with Gasteiger partial charge in [-0.05, 0) is 53.4 Å². The van der Waals surface area contributed by atoms with Crippen LogP contribution in [0.3, 0.4) is 0 Å². The normalized spacial score (nSPS) is 24.1. The number of nitrogens with zero attached hydrogens (tertiary/aromatic N) is 1. The molecule has 1 aromatic rings. The second kappa shape index (κ2) is 5.29. The van der Waals surface area contributed by atoms with Crippen LogP contribution in [-0.2, 0) is 10.0 Å². The molecule has 3 N–H and O–H groups in total. The third kappa shape index (κ3) is 3.00. The molecule has 0 spiro atoms. The fraction of sp³-hybridized carbons (Fsp3) is 0.538. The quantitative estimate of drug-likeness (QED) is 0.799. The Labute approximate surface area is 127 Å². The van der Waals surface area contributed by atoms with Crippen molar-refractivity contribution in [3.63, 3.8) is 0 Å². The van der Waals surface area contributed by atoms with Gasteiger partial charge in [-0.1, -0.05) is 0 Å². The number of hydrogen-bond donors (Lipinski definition) is 2. The second-order valence-corrected chi connectivity index (χ2v) is 8.06. The van der Waals surface area contributed by atoms with Gasteiger partial charge in [-0.3, -0.25) is 4.90 Å². The minimum absolute atomic E-state index is 0.00562. The maximum absolute atomic E-state index is 12.4. The highest BCUT2D eigenvalue weighted by atomic mass is 79.9. The van der Waals surface area contributed by atoms with Crippen LogP contribution in [-0.4, -0.2) is 38.5 Å². The van der Waals surface area contributed by atoms with Crippen molar-refractivity contribution in [2.75, 3.05) is 18.8 Å². The zero-order chi connectivity index (χ0) is 14.3. The number of rotatable bonds is 4. The van der Waals surface area contributed by atoms with Crippen LogP contribution in [0.4, 0.5) is 5.69 Å². The molecule has 0 aromatic heterocycles. The molecule has 0 bridgehead atoms. The minimum Gasteiger partial charge on any atom is -0.399 e. The van der Waals surface area contributed by atoms with E-state index in [4.69, 9.17) is 5.73 Å². The van der Waals surface area contributed by atoms with Crippen LogP contribution in [0.5, 0.6) is 0 Å². The Morgan fingerprint density at radius 3 is 2.75 bits per heavy atom. The van der Waals surface area contributed by atoms with E-state index in [0.29, 0.717) is 16.2 Å². The number of nitrogens with one attached hydrogen (secondary N) is 1. The molecule has 5 nitrogen and oxygen atoms in total. The molecule has 3 rings (SSSR count). The average Bonchev–Trinajstić information content (AvgIpc) is 3.13. The second-order valence-electron chi connectivity index (χ2n) is 5.52. The number of hydrogen-bond acceptors (Lipinski definition) is 4.